The van der Waals surface area contributed by atoms with Gasteiger partial charge in [0.25, 0.3) is 5.91 Å². The normalized spacial score (nSPS) is 14.6. The third-order valence-electron chi connectivity index (χ3n) is 5.83. The van der Waals surface area contributed by atoms with Crippen molar-refractivity contribution in [2.75, 3.05) is 12.0 Å². The predicted molar refractivity (Wildman–Crippen MR) is 133 cm³/mol. The van der Waals surface area contributed by atoms with Crippen LogP contribution in [0.1, 0.15) is 30.5 Å². The Bertz CT molecular complexity index is 1240. The largest absolute Gasteiger partial charge is 0.489 e. The lowest BCUT2D eigenvalue weighted by molar-refractivity contribution is -0.136. The molecule has 0 fully saturated rings. The first-order valence-electron chi connectivity index (χ1n) is 11.2. The van der Waals surface area contributed by atoms with E-state index >= 15 is 0 Å². The maximum atomic E-state index is 13.4. The van der Waals surface area contributed by atoms with Crippen molar-refractivity contribution in [3.05, 3.63) is 112 Å². The highest BCUT2D eigenvalue weighted by Crippen LogP contribution is 2.35. The molecule has 1 aliphatic heterocycles. The molecular weight excluding hydrogens is 426 g/mol. The summed E-state index contributed by atoms with van der Waals surface area (Å²) in [5, 5.41) is 0. The van der Waals surface area contributed by atoms with Crippen LogP contribution in [0.5, 0.6) is 5.75 Å². The SMILES string of the molecule is CCc1ccc(N2C(=O)C(=Cc3ccc(OCc4ccccc4)cc3)C(C(=O)OC)=C2C)cc1. The smallest absolute Gasteiger partial charge is 0.340 e. The number of amides is 1. The Kier molecular flexibility index (Phi) is 6.93. The lowest BCUT2D eigenvalue weighted by atomic mass is 10.0. The quantitative estimate of drug-likeness (QED) is 0.340. The molecule has 1 amide bonds. The molecule has 0 radical (unpaired) electrons. The molecule has 0 saturated carbocycles. The first kappa shape index (κ1) is 23.1. The maximum Gasteiger partial charge on any atom is 0.340 e. The van der Waals surface area contributed by atoms with Gasteiger partial charge in [0, 0.05) is 11.4 Å². The van der Waals surface area contributed by atoms with Crippen molar-refractivity contribution in [1.82, 2.24) is 0 Å². The van der Waals surface area contributed by atoms with Crippen LogP contribution in [0.3, 0.4) is 0 Å². The van der Waals surface area contributed by atoms with Crippen LogP contribution in [0.15, 0.2) is 95.7 Å². The van der Waals surface area contributed by atoms with Gasteiger partial charge in [-0.05, 0) is 60.4 Å². The lowest BCUT2D eigenvalue weighted by Gasteiger charge is -2.18. The number of carbonyl (C=O) groups is 2. The van der Waals surface area contributed by atoms with E-state index in [0.29, 0.717) is 23.6 Å². The van der Waals surface area contributed by atoms with E-state index in [1.807, 2.05) is 78.9 Å². The molecule has 3 aromatic carbocycles. The molecule has 0 aromatic heterocycles. The Morgan fingerprint density at radius 3 is 2.21 bits per heavy atom. The summed E-state index contributed by atoms with van der Waals surface area (Å²) >= 11 is 0. The highest BCUT2D eigenvalue weighted by atomic mass is 16.5. The molecular formula is C29H27NO4. The van der Waals surface area contributed by atoms with Crippen LogP contribution < -0.4 is 9.64 Å². The average molecular weight is 454 g/mol. The van der Waals surface area contributed by atoms with Crippen molar-refractivity contribution in [2.24, 2.45) is 0 Å². The molecule has 0 N–H and O–H groups in total. The fourth-order valence-electron chi connectivity index (χ4n) is 3.94. The second-order valence-corrected chi connectivity index (χ2v) is 8.01. The van der Waals surface area contributed by atoms with Crippen LogP contribution in [0, 0.1) is 0 Å². The zero-order valence-corrected chi connectivity index (χ0v) is 19.6. The topological polar surface area (TPSA) is 55.8 Å². The van der Waals surface area contributed by atoms with Gasteiger partial charge in [-0.2, -0.15) is 0 Å². The van der Waals surface area contributed by atoms with Crippen molar-refractivity contribution < 1.29 is 19.1 Å². The molecule has 0 unspecified atom stereocenters. The number of aryl methyl sites for hydroxylation is 1. The number of ether oxygens (including phenoxy) is 2. The zero-order chi connectivity index (χ0) is 24.1. The maximum absolute atomic E-state index is 13.4. The monoisotopic (exact) mass is 453 g/mol. The van der Waals surface area contributed by atoms with E-state index in [-0.39, 0.29) is 11.5 Å². The highest BCUT2D eigenvalue weighted by Gasteiger charge is 2.37. The van der Waals surface area contributed by atoms with E-state index in [2.05, 4.69) is 6.92 Å². The molecule has 1 heterocycles. The molecule has 0 bridgehead atoms. The van der Waals surface area contributed by atoms with E-state index < -0.39 is 5.97 Å². The molecule has 1 aliphatic rings. The Balaban J connectivity index is 1.60. The minimum absolute atomic E-state index is 0.258. The number of rotatable bonds is 7. The number of benzene rings is 3. The molecule has 4 rings (SSSR count). The van der Waals surface area contributed by atoms with Gasteiger partial charge in [-0.1, -0.05) is 61.5 Å². The first-order chi connectivity index (χ1) is 16.5. The van der Waals surface area contributed by atoms with Gasteiger partial charge in [0.1, 0.15) is 12.4 Å². The number of hydrogen-bond donors (Lipinski definition) is 0. The van der Waals surface area contributed by atoms with Gasteiger partial charge in [0.15, 0.2) is 0 Å². The van der Waals surface area contributed by atoms with Gasteiger partial charge >= 0.3 is 5.97 Å². The summed E-state index contributed by atoms with van der Waals surface area (Å²) < 4.78 is 10.8. The van der Waals surface area contributed by atoms with Crippen LogP contribution >= 0.6 is 0 Å². The van der Waals surface area contributed by atoms with Gasteiger partial charge in [-0.25, -0.2) is 4.79 Å². The number of methoxy groups -OCH3 is 1. The van der Waals surface area contributed by atoms with Crippen LogP contribution in [0.4, 0.5) is 5.69 Å². The summed E-state index contributed by atoms with van der Waals surface area (Å²) in [6, 6.07) is 25.1. The van der Waals surface area contributed by atoms with Crippen molar-refractivity contribution in [1.29, 1.82) is 0 Å². The van der Waals surface area contributed by atoms with Crippen LogP contribution in [0.2, 0.25) is 0 Å². The van der Waals surface area contributed by atoms with Crippen molar-refractivity contribution in [3.8, 4) is 5.75 Å². The zero-order valence-electron chi connectivity index (χ0n) is 19.6. The Morgan fingerprint density at radius 1 is 0.912 bits per heavy atom. The minimum atomic E-state index is -0.535. The Morgan fingerprint density at radius 2 is 1.59 bits per heavy atom. The predicted octanol–water partition coefficient (Wildman–Crippen LogP) is 5.71. The minimum Gasteiger partial charge on any atom is -0.489 e. The second kappa shape index (κ2) is 10.2. The van der Waals surface area contributed by atoms with Crippen LogP contribution in [0.25, 0.3) is 6.08 Å². The van der Waals surface area contributed by atoms with Gasteiger partial charge in [-0.15, -0.1) is 0 Å². The molecule has 3 aromatic rings. The van der Waals surface area contributed by atoms with Gasteiger partial charge in [0.05, 0.1) is 18.3 Å². The first-order valence-corrected chi connectivity index (χ1v) is 11.2. The fourth-order valence-corrected chi connectivity index (χ4v) is 3.94. The summed E-state index contributed by atoms with van der Waals surface area (Å²) in [4.78, 5) is 27.6. The van der Waals surface area contributed by atoms with Crippen molar-refractivity contribution in [3.63, 3.8) is 0 Å². The molecule has 0 aliphatic carbocycles. The van der Waals surface area contributed by atoms with Gasteiger partial charge in [0.2, 0.25) is 0 Å². The lowest BCUT2D eigenvalue weighted by Crippen LogP contribution is -2.24. The molecule has 5 nitrogen and oxygen atoms in total. The molecule has 172 valence electrons. The summed E-state index contributed by atoms with van der Waals surface area (Å²) in [5.41, 5.74) is 4.90. The Hall–Kier alpha value is -4.12. The molecule has 0 saturated heterocycles. The van der Waals surface area contributed by atoms with E-state index in [0.717, 1.165) is 23.3 Å². The summed E-state index contributed by atoms with van der Waals surface area (Å²) in [5.74, 6) is -0.0690. The third-order valence-corrected chi connectivity index (χ3v) is 5.83. The van der Waals surface area contributed by atoms with E-state index in [9.17, 15) is 9.59 Å². The third kappa shape index (κ3) is 4.79. The summed E-state index contributed by atoms with van der Waals surface area (Å²) in [6.45, 7) is 4.31. The van der Waals surface area contributed by atoms with Crippen LogP contribution in [-0.4, -0.2) is 19.0 Å². The number of esters is 1. The standard InChI is InChI=1S/C29H27NO4/c1-4-21-10-14-24(15-11-21)30-20(2)27(29(32)33-3)26(28(30)31)18-22-12-16-25(17-13-22)34-19-23-8-6-5-7-9-23/h5-18H,4,19H2,1-3H3. The number of hydrogen-bond acceptors (Lipinski definition) is 4. The van der Waals surface area contributed by atoms with E-state index in [1.165, 1.54) is 12.7 Å². The fraction of sp³-hybridized carbons (Fsp3) is 0.172. The number of carbonyl (C=O) groups excluding carboxylic acids is 2. The highest BCUT2D eigenvalue weighted by molar-refractivity contribution is 6.23. The van der Waals surface area contributed by atoms with E-state index in [1.54, 1.807) is 17.9 Å². The number of anilines is 1. The van der Waals surface area contributed by atoms with Crippen molar-refractivity contribution >= 4 is 23.6 Å². The second-order valence-electron chi connectivity index (χ2n) is 8.01. The molecule has 0 spiro atoms. The number of nitrogens with zero attached hydrogens (tertiary/aromatic N) is 1. The summed E-state index contributed by atoms with van der Waals surface area (Å²) in [6.07, 6.45) is 2.63. The molecule has 5 heteroatoms. The Labute approximate surface area is 199 Å². The number of allylic oxidation sites excluding steroid dienone is 1. The van der Waals surface area contributed by atoms with E-state index in [4.69, 9.17) is 9.47 Å². The average Bonchev–Trinajstić information content (AvgIpc) is 3.12. The van der Waals surface area contributed by atoms with Crippen LogP contribution in [-0.2, 0) is 27.4 Å². The van der Waals surface area contributed by atoms with Crippen molar-refractivity contribution in [2.45, 2.75) is 26.9 Å². The van der Waals surface area contributed by atoms with Gasteiger partial charge < -0.3 is 9.47 Å². The summed E-state index contributed by atoms with van der Waals surface area (Å²) in [7, 11) is 1.32. The molecule has 34 heavy (non-hydrogen) atoms. The molecule has 0 atom stereocenters. The van der Waals surface area contributed by atoms with Gasteiger partial charge in [-0.3, -0.25) is 9.69 Å².